The molecular formula is C23H19Cl4N3. The van der Waals surface area contributed by atoms with Crippen LogP contribution >= 0.6 is 46.4 Å². The average molecular weight is 479 g/mol. The molecule has 0 aliphatic carbocycles. The van der Waals surface area contributed by atoms with Crippen molar-refractivity contribution in [2.45, 2.75) is 20.3 Å². The Balaban J connectivity index is 2.06. The smallest absolute Gasteiger partial charge is 0.100 e. The summed E-state index contributed by atoms with van der Waals surface area (Å²) in [6.07, 6.45) is 2.37. The molecule has 0 radical (unpaired) electrons. The monoisotopic (exact) mass is 477 g/mol. The molecule has 0 fully saturated rings. The Hall–Kier alpha value is -1.91. The molecule has 3 aromatic rings. The molecule has 0 amide bonds. The van der Waals surface area contributed by atoms with E-state index < -0.39 is 0 Å². The van der Waals surface area contributed by atoms with E-state index in [1.165, 1.54) is 0 Å². The zero-order chi connectivity index (χ0) is 21.7. The summed E-state index contributed by atoms with van der Waals surface area (Å²) in [5.41, 5.74) is 3.60. The second-order valence-corrected chi connectivity index (χ2v) is 8.35. The normalized spacial score (nSPS) is 13.4. The first kappa shape index (κ1) is 22.8. The fourth-order valence-electron chi connectivity index (χ4n) is 3.03. The van der Waals surface area contributed by atoms with E-state index in [4.69, 9.17) is 56.4 Å². The van der Waals surface area contributed by atoms with E-state index in [1.807, 2.05) is 32.0 Å². The van der Waals surface area contributed by atoms with Gasteiger partial charge >= 0.3 is 0 Å². The molecule has 0 aliphatic heterocycles. The van der Waals surface area contributed by atoms with Crippen LogP contribution in [0.4, 0.5) is 11.4 Å². The topological polar surface area (TPSA) is 37.6 Å². The number of hydrogen-bond acceptors (Lipinski definition) is 3. The molecule has 2 aromatic carbocycles. The number of rotatable bonds is 6. The van der Waals surface area contributed by atoms with Crippen LogP contribution in [-0.4, -0.2) is 16.4 Å². The summed E-state index contributed by atoms with van der Waals surface area (Å²) in [6.45, 7) is 3.86. The lowest BCUT2D eigenvalue weighted by Crippen LogP contribution is -2.23. The Morgan fingerprint density at radius 3 is 1.60 bits per heavy atom. The Bertz CT molecular complexity index is 987. The molecule has 0 atom stereocenters. The lowest BCUT2D eigenvalue weighted by molar-refractivity contribution is 0.848. The quantitative estimate of drug-likeness (QED) is 0.327. The highest BCUT2D eigenvalue weighted by Crippen LogP contribution is 2.35. The van der Waals surface area contributed by atoms with Crippen molar-refractivity contribution in [3.8, 4) is 0 Å². The van der Waals surface area contributed by atoms with E-state index in [9.17, 15) is 0 Å². The number of aromatic nitrogens is 1. The van der Waals surface area contributed by atoms with Crippen molar-refractivity contribution >= 4 is 69.2 Å². The summed E-state index contributed by atoms with van der Waals surface area (Å²) >= 11 is 25.3. The van der Waals surface area contributed by atoms with Crippen LogP contribution in [0.25, 0.3) is 0 Å². The second-order valence-electron chi connectivity index (χ2n) is 6.72. The van der Waals surface area contributed by atoms with Gasteiger partial charge in [0, 0.05) is 35.7 Å². The van der Waals surface area contributed by atoms with Crippen molar-refractivity contribution in [3.63, 3.8) is 0 Å². The second kappa shape index (κ2) is 10.4. The van der Waals surface area contributed by atoms with Crippen molar-refractivity contribution in [1.82, 2.24) is 4.98 Å². The molecule has 7 heteroatoms. The van der Waals surface area contributed by atoms with E-state index in [2.05, 4.69) is 4.98 Å². The maximum absolute atomic E-state index is 6.32. The Labute approximate surface area is 196 Å². The van der Waals surface area contributed by atoms with Crippen LogP contribution in [0.5, 0.6) is 0 Å². The maximum atomic E-state index is 6.32. The van der Waals surface area contributed by atoms with Gasteiger partial charge in [-0.2, -0.15) is 0 Å². The average Bonchev–Trinajstić information content (AvgIpc) is 2.72. The minimum absolute atomic E-state index is 0.153. The van der Waals surface area contributed by atoms with E-state index in [1.54, 1.807) is 42.6 Å². The van der Waals surface area contributed by atoms with Crippen LogP contribution in [0.15, 0.2) is 70.8 Å². The van der Waals surface area contributed by atoms with E-state index in [-0.39, 0.29) is 5.92 Å². The molecule has 154 valence electrons. The van der Waals surface area contributed by atoms with Crippen molar-refractivity contribution in [2.75, 3.05) is 0 Å². The van der Waals surface area contributed by atoms with Gasteiger partial charge in [-0.05, 0) is 50.2 Å². The van der Waals surface area contributed by atoms with Crippen molar-refractivity contribution in [2.24, 2.45) is 15.9 Å². The molecule has 3 nitrogen and oxygen atoms in total. The van der Waals surface area contributed by atoms with Gasteiger partial charge in [0.25, 0.3) is 0 Å². The molecule has 0 N–H and O–H groups in total. The van der Waals surface area contributed by atoms with Gasteiger partial charge in [-0.1, -0.05) is 64.6 Å². The molecule has 0 saturated carbocycles. The number of pyridine rings is 1. The minimum Gasteiger partial charge on any atom is -0.261 e. The van der Waals surface area contributed by atoms with Crippen LogP contribution in [-0.2, 0) is 6.42 Å². The lowest BCUT2D eigenvalue weighted by Gasteiger charge is -2.18. The first-order valence-electron chi connectivity index (χ1n) is 9.25. The Morgan fingerprint density at radius 2 is 1.20 bits per heavy atom. The number of para-hydroxylation sites is 2. The third kappa shape index (κ3) is 5.61. The van der Waals surface area contributed by atoms with Gasteiger partial charge in [0.05, 0.1) is 20.1 Å². The lowest BCUT2D eigenvalue weighted by atomic mass is 9.93. The van der Waals surface area contributed by atoms with Crippen LogP contribution < -0.4 is 0 Å². The predicted octanol–water partition coefficient (Wildman–Crippen LogP) is 8.44. The van der Waals surface area contributed by atoms with Gasteiger partial charge in [0.15, 0.2) is 0 Å². The fourth-order valence-corrected chi connectivity index (χ4v) is 3.99. The SMILES string of the molecule is CC(=Nc1c(Cl)cccc1Cl)C(Cc1ccccn1)C(C)=Nc1c(Cl)cccc1Cl. The summed E-state index contributed by atoms with van der Waals surface area (Å²) in [5, 5.41) is 1.95. The van der Waals surface area contributed by atoms with E-state index >= 15 is 0 Å². The van der Waals surface area contributed by atoms with Gasteiger partial charge in [-0.3, -0.25) is 15.0 Å². The molecule has 0 aliphatic rings. The van der Waals surface area contributed by atoms with Crippen LogP contribution in [0, 0.1) is 5.92 Å². The van der Waals surface area contributed by atoms with Crippen LogP contribution in [0.2, 0.25) is 20.1 Å². The number of benzene rings is 2. The van der Waals surface area contributed by atoms with Gasteiger partial charge in [0.1, 0.15) is 11.4 Å². The first-order chi connectivity index (χ1) is 14.4. The van der Waals surface area contributed by atoms with E-state index in [0.29, 0.717) is 37.9 Å². The summed E-state index contributed by atoms with van der Waals surface area (Å²) in [6, 6.07) is 16.4. The molecule has 30 heavy (non-hydrogen) atoms. The zero-order valence-corrected chi connectivity index (χ0v) is 19.4. The van der Waals surface area contributed by atoms with Crippen molar-refractivity contribution in [3.05, 3.63) is 86.6 Å². The molecule has 1 heterocycles. The molecule has 3 rings (SSSR count). The largest absolute Gasteiger partial charge is 0.261 e. The summed E-state index contributed by atoms with van der Waals surface area (Å²) in [7, 11) is 0. The first-order valence-corrected chi connectivity index (χ1v) is 10.8. The Kier molecular flexibility index (Phi) is 7.90. The van der Waals surface area contributed by atoms with Gasteiger partial charge in [-0.25, -0.2) is 0 Å². The predicted molar refractivity (Wildman–Crippen MR) is 130 cm³/mol. The summed E-state index contributed by atoms with van der Waals surface area (Å²) in [5.74, 6) is -0.153. The molecule has 0 unspecified atom stereocenters. The summed E-state index contributed by atoms with van der Waals surface area (Å²) in [4.78, 5) is 13.9. The molecule has 1 aromatic heterocycles. The van der Waals surface area contributed by atoms with Gasteiger partial charge in [0.2, 0.25) is 0 Å². The molecular weight excluding hydrogens is 460 g/mol. The molecule has 0 bridgehead atoms. The summed E-state index contributed by atoms with van der Waals surface area (Å²) < 4.78 is 0. The van der Waals surface area contributed by atoms with Crippen LogP contribution in [0.1, 0.15) is 19.5 Å². The van der Waals surface area contributed by atoms with E-state index in [0.717, 1.165) is 17.1 Å². The highest BCUT2D eigenvalue weighted by molar-refractivity contribution is 6.39. The molecule has 0 saturated heterocycles. The fraction of sp³-hybridized carbons (Fsp3) is 0.174. The number of hydrogen-bond donors (Lipinski definition) is 0. The third-order valence-corrected chi connectivity index (χ3v) is 5.82. The van der Waals surface area contributed by atoms with Crippen LogP contribution in [0.3, 0.4) is 0 Å². The highest BCUT2D eigenvalue weighted by Gasteiger charge is 2.20. The van der Waals surface area contributed by atoms with Crippen molar-refractivity contribution in [1.29, 1.82) is 0 Å². The highest BCUT2D eigenvalue weighted by atomic mass is 35.5. The van der Waals surface area contributed by atoms with Gasteiger partial charge < -0.3 is 0 Å². The number of aliphatic imine (C=N–C) groups is 2. The maximum Gasteiger partial charge on any atom is 0.100 e. The van der Waals surface area contributed by atoms with Gasteiger partial charge in [-0.15, -0.1) is 0 Å². The third-order valence-electron chi connectivity index (χ3n) is 4.60. The molecule has 0 spiro atoms. The number of halogens is 4. The Morgan fingerprint density at radius 1 is 0.733 bits per heavy atom. The zero-order valence-electron chi connectivity index (χ0n) is 16.4. The standard InChI is InChI=1S/C23H19Cl4N3/c1-14(29-22-18(24)8-5-9-19(22)25)17(13-16-7-3-4-12-28-16)15(2)30-23-20(26)10-6-11-21(23)27/h3-12,17H,13H2,1-2H3. The number of nitrogens with zero attached hydrogens (tertiary/aromatic N) is 3. The van der Waals surface area contributed by atoms with Crippen molar-refractivity contribution < 1.29 is 0 Å². The minimum atomic E-state index is -0.153.